The van der Waals surface area contributed by atoms with Crippen molar-refractivity contribution in [3.05, 3.63) is 99.6 Å². The first-order valence-electron chi connectivity index (χ1n) is 10.1. The Hall–Kier alpha value is -3.43. The molecule has 8 nitrogen and oxygen atoms in total. The summed E-state index contributed by atoms with van der Waals surface area (Å²) in [6.07, 6.45) is 1.28. The van der Waals surface area contributed by atoms with Crippen LogP contribution in [0.3, 0.4) is 0 Å². The van der Waals surface area contributed by atoms with Gasteiger partial charge in [0.2, 0.25) is 5.91 Å². The molecule has 10 heteroatoms. The molecular weight excluding hydrogens is 466 g/mol. The lowest BCUT2D eigenvalue weighted by atomic mass is 10.1. The molecule has 0 aliphatic heterocycles. The lowest BCUT2D eigenvalue weighted by molar-refractivity contribution is -0.384. The van der Waals surface area contributed by atoms with Crippen LogP contribution in [0.15, 0.2) is 83.8 Å². The number of halogens is 1. The van der Waals surface area contributed by atoms with Gasteiger partial charge in [0.25, 0.3) is 15.7 Å². The summed E-state index contributed by atoms with van der Waals surface area (Å²) < 4.78 is 27.4. The van der Waals surface area contributed by atoms with Gasteiger partial charge in [-0.1, -0.05) is 48.0 Å². The molecular formula is C23H22ClN3O5S. The largest absolute Gasteiger partial charge is 0.355 e. The molecule has 1 N–H and O–H groups in total. The van der Waals surface area contributed by atoms with Crippen LogP contribution in [0.4, 0.5) is 11.4 Å². The second-order valence-electron chi connectivity index (χ2n) is 7.14. The zero-order valence-corrected chi connectivity index (χ0v) is 19.1. The third-order valence-electron chi connectivity index (χ3n) is 4.87. The van der Waals surface area contributed by atoms with E-state index in [1.54, 1.807) is 24.3 Å². The number of nitro groups is 1. The van der Waals surface area contributed by atoms with Crippen LogP contribution in [0.1, 0.15) is 12.0 Å². The molecule has 0 radical (unpaired) electrons. The molecule has 172 valence electrons. The number of non-ortho nitro benzene ring substituents is 1. The summed E-state index contributed by atoms with van der Waals surface area (Å²) in [5, 5.41) is 14.3. The molecule has 0 aliphatic carbocycles. The van der Waals surface area contributed by atoms with Crippen LogP contribution >= 0.6 is 11.6 Å². The van der Waals surface area contributed by atoms with Crippen LogP contribution in [0, 0.1) is 10.1 Å². The van der Waals surface area contributed by atoms with Gasteiger partial charge in [-0.05, 0) is 48.7 Å². The van der Waals surface area contributed by atoms with E-state index in [0.717, 1.165) is 9.87 Å². The molecule has 0 heterocycles. The number of sulfonamides is 1. The van der Waals surface area contributed by atoms with Crippen molar-refractivity contribution >= 4 is 38.9 Å². The molecule has 3 aromatic rings. The highest BCUT2D eigenvalue weighted by Crippen LogP contribution is 2.25. The number of benzene rings is 3. The van der Waals surface area contributed by atoms with Gasteiger partial charge in [0, 0.05) is 23.7 Å². The summed E-state index contributed by atoms with van der Waals surface area (Å²) in [5.41, 5.74) is 0.933. The fourth-order valence-corrected chi connectivity index (χ4v) is 4.84. The standard InChI is InChI=1S/C23H22ClN3O5S/c24-22-11-5-4-7-18(22)8-6-16-25-23(28)17-26(19-12-14-20(15-13-19)27(29)30)33(31,32)21-9-2-1-3-10-21/h1-5,7,9-15H,6,8,16-17H2,(H,25,28). The molecule has 0 saturated heterocycles. The SMILES string of the molecule is O=C(CN(c1ccc([N+](=O)[O-])cc1)S(=O)(=O)c1ccccc1)NCCCc1ccccc1Cl. The maximum atomic E-state index is 13.2. The summed E-state index contributed by atoms with van der Waals surface area (Å²) in [6, 6.07) is 20.1. The number of nitrogens with zero attached hydrogens (tertiary/aromatic N) is 2. The van der Waals surface area contributed by atoms with Crippen molar-refractivity contribution in [3.8, 4) is 0 Å². The van der Waals surface area contributed by atoms with E-state index in [1.165, 1.54) is 36.4 Å². The average Bonchev–Trinajstić information content (AvgIpc) is 2.82. The molecule has 0 saturated carbocycles. The first-order valence-corrected chi connectivity index (χ1v) is 11.9. The van der Waals surface area contributed by atoms with Crippen LogP contribution in [-0.2, 0) is 21.2 Å². The molecule has 0 unspecified atom stereocenters. The Labute approximate surface area is 197 Å². The number of carbonyl (C=O) groups is 1. The van der Waals surface area contributed by atoms with Gasteiger partial charge in [-0.15, -0.1) is 0 Å². The first-order chi connectivity index (χ1) is 15.8. The highest BCUT2D eigenvalue weighted by molar-refractivity contribution is 7.92. The minimum Gasteiger partial charge on any atom is -0.355 e. The van der Waals surface area contributed by atoms with Crippen molar-refractivity contribution < 1.29 is 18.1 Å². The molecule has 0 aromatic heterocycles. The van der Waals surface area contributed by atoms with Gasteiger partial charge in [-0.25, -0.2) is 8.42 Å². The summed E-state index contributed by atoms with van der Waals surface area (Å²) in [5.74, 6) is -0.494. The van der Waals surface area contributed by atoms with Crippen molar-refractivity contribution in [1.82, 2.24) is 5.32 Å². The summed E-state index contributed by atoms with van der Waals surface area (Å²) in [7, 11) is -4.08. The van der Waals surface area contributed by atoms with Crippen LogP contribution in [0.2, 0.25) is 5.02 Å². The Morgan fingerprint density at radius 2 is 1.61 bits per heavy atom. The van der Waals surface area contributed by atoms with Crippen LogP contribution in [0.5, 0.6) is 0 Å². The molecule has 0 aliphatic rings. The van der Waals surface area contributed by atoms with Crippen LogP contribution < -0.4 is 9.62 Å². The second kappa shape index (κ2) is 10.9. The van der Waals surface area contributed by atoms with Crippen molar-refractivity contribution in [2.45, 2.75) is 17.7 Å². The fraction of sp³-hybridized carbons (Fsp3) is 0.174. The number of amides is 1. The highest BCUT2D eigenvalue weighted by Gasteiger charge is 2.27. The zero-order chi connectivity index (χ0) is 23.8. The Morgan fingerprint density at radius 3 is 2.24 bits per heavy atom. The predicted molar refractivity (Wildman–Crippen MR) is 127 cm³/mol. The van der Waals surface area contributed by atoms with E-state index in [2.05, 4.69) is 5.32 Å². The summed E-state index contributed by atoms with van der Waals surface area (Å²) in [4.78, 5) is 23.0. The van der Waals surface area contributed by atoms with Crippen molar-refractivity contribution in [2.24, 2.45) is 0 Å². The number of aryl methyl sites for hydroxylation is 1. The smallest absolute Gasteiger partial charge is 0.269 e. The monoisotopic (exact) mass is 487 g/mol. The lowest BCUT2D eigenvalue weighted by Crippen LogP contribution is -2.41. The Balaban J connectivity index is 1.73. The molecule has 33 heavy (non-hydrogen) atoms. The van der Waals surface area contributed by atoms with Gasteiger partial charge in [0.15, 0.2) is 0 Å². The normalized spacial score (nSPS) is 11.1. The average molecular weight is 488 g/mol. The number of nitro benzene ring substituents is 1. The molecule has 1 amide bonds. The molecule has 0 atom stereocenters. The topological polar surface area (TPSA) is 110 Å². The Kier molecular flexibility index (Phi) is 8.02. The van der Waals surface area contributed by atoms with Gasteiger partial charge in [-0.2, -0.15) is 0 Å². The van der Waals surface area contributed by atoms with Gasteiger partial charge >= 0.3 is 0 Å². The number of hydrogen-bond donors (Lipinski definition) is 1. The number of rotatable bonds is 10. The van der Waals surface area contributed by atoms with Gasteiger partial charge < -0.3 is 5.32 Å². The van der Waals surface area contributed by atoms with Crippen LogP contribution in [-0.4, -0.2) is 32.3 Å². The summed E-state index contributed by atoms with van der Waals surface area (Å²) in [6.45, 7) is -0.134. The Bertz CT molecular complexity index is 1220. The fourth-order valence-electron chi connectivity index (χ4n) is 3.17. The first kappa shape index (κ1) is 24.2. The third-order valence-corrected chi connectivity index (χ3v) is 7.03. The van der Waals surface area contributed by atoms with Crippen molar-refractivity contribution in [1.29, 1.82) is 0 Å². The maximum absolute atomic E-state index is 13.2. The Morgan fingerprint density at radius 1 is 0.970 bits per heavy atom. The quantitative estimate of drug-likeness (QED) is 0.262. The van der Waals surface area contributed by atoms with E-state index in [-0.39, 0.29) is 16.3 Å². The van der Waals surface area contributed by atoms with E-state index in [0.29, 0.717) is 24.4 Å². The highest BCUT2D eigenvalue weighted by atomic mass is 35.5. The predicted octanol–water partition coefficient (Wildman–Crippen LogP) is 4.19. The molecule has 0 bridgehead atoms. The number of anilines is 1. The zero-order valence-electron chi connectivity index (χ0n) is 17.6. The molecule has 0 spiro atoms. The van der Waals surface area contributed by atoms with Gasteiger partial charge in [0.1, 0.15) is 6.54 Å². The van der Waals surface area contributed by atoms with E-state index in [4.69, 9.17) is 11.6 Å². The van der Waals surface area contributed by atoms with Crippen molar-refractivity contribution in [3.63, 3.8) is 0 Å². The van der Waals surface area contributed by atoms with Crippen molar-refractivity contribution in [2.75, 3.05) is 17.4 Å². The van der Waals surface area contributed by atoms with Gasteiger partial charge in [0.05, 0.1) is 15.5 Å². The van der Waals surface area contributed by atoms with E-state index in [9.17, 15) is 23.3 Å². The lowest BCUT2D eigenvalue weighted by Gasteiger charge is -2.24. The molecule has 0 fully saturated rings. The second-order valence-corrected chi connectivity index (χ2v) is 9.41. The maximum Gasteiger partial charge on any atom is 0.269 e. The molecule has 3 aromatic carbocycles. The van der Waals surface area contributed by atoms with E-state index >= 15 is 0 Å². The minimum absolute atomic E-state index is 0.00914. The summed E-state index contributed by atoms with van der Waals surface area (Å²) >= 11 is 6.14. The minimum atomic E-state index is -4.08. The number of carbonyl (C=O) groups excluding carboxylic acids is 1. The number of nitrogens with one attached hydrogen (secondary N) is 1. The number of hydrogen-bond acceptors (Lipinski definition) is 5. The van der Waals surface area contributed by atoms with E-state index in [1.807, 2.05) is 18.2 Å². The van der Waals surface area contributed by atoms with Gasteiger partial charge in [-0.3, -0.25) is 19.2 Å². The molecule has 3 rings (SSSR count). The van der Waals surface area contributed by atoms with E-state index < -0.39 is 27.4 Å². The van der Waals surface area contributed by atoms with Crippen LogP contribution in [0.25, 0.3) is 0 Å². The third kappa shape index (κ3) is 6.30.